The Hall–Kier alpha value is -3.28. The first-order chi connectivity index (χ1) is 10.7. The van der Waals surface area contributed by atoms with E-state index in [0.717, 1.165) is 4.68 Å². The van der Waals surface area contributed by atoms with Gasteiger partial charge in [0.25, 0.3) is 11.8 Å². The standard InChI is InChI=1S/C16H12N4O2/c21-15(18-13-7-4-9-17-11-13)14-8-10-20(19-14)16(22)12-5-2-1-3-6-12/h1-11H,(H,18,21). The summed E-state index contributed by atoms with van der Waals surface area (Å²) in [5.74, 6) is -0.686. The molecule has 108 valence electrons. The number of aromatic nitrogens is 3. The lowest BCUT2D eigenvalue weighted by atomic mass is 10.2. The molecule has 2 heterocycles. The number of rotatable bonds is 3. The summed E-state index contributed by atoms with van der Waals surface area (Å²) >= 11 is 0. The van der Waals surface area contributed by atoms with Crippen molar-refractivity contribution >= 4 is 17.5 Å². The van der Waals surface area contributed by atoms with Crippen molar-refractivity contribution < 1.29 is 9.59 Å². The van der Waals surface area contributed by atoms with Gasteiger partial charge in [-0.25, -0.2) is 4.68 Å². The molecule has 22 heavy (non-hydrogen) atoms. The number of hydrogen-bond acceptors (Lipinski definition) is 4. The summed E-state index contributed by atoms with van der Waals surface area (Å²) in [7, 11) is 0. The van der Waals surface area contributed by atoms with Gasteiger partial charge in [0.1, 0.15) is 0 Å². The topological polar surface area (TPSA) is 76.9 Å². The van der Waals surface area contributed by atoms with E-state index in [1.165, 1.54) is 18.5 Å². The van der Waals surface area contributed by atoms with E-state index in [9.17, 15) is 9.59 Å². The predicted octanol–water partition coefficient (Wildman–Crippen LogP) is 2.22. The Kier molecular flexibility index (Phi) is 3.74. The molecule has 0 spiro atoms. The Morgan fingerprint density at radius 1 is 1.00 bits per heavy atom. The van der Waals surface area contributed by atoms with Gasteiger partial charge in [-0.3, -0.25) is 14.6 Å². The van der Waals surface area contributed by atoms with E-state index in [2.05, 4.69) is 15.4 Å². The number of nitrogens with one attached hydrogen (secondary N) is 1. The van der Waals surface area contributed by atoms with E-state index >= 15 is 0 Å². The highest BCUT2D eigenvalue weighted by Gasteiger charge is 2.14. The molecule has 0 aliphatic carbocycles. The normalized spacial score (nSPS) is 10.2. The molecule has 1 amide bonds. The van der Waals surface area contributed by atoms with Crippen LogP contribution in [0.5, 0.6) is 0 Å². The molecule has 2 aromatic heterocycles. The van der Waals surface area contributed by atoms with E-state index in [0.29, 0.717) is 11.3 Å². The minimum atomic E-state index is -0.396. The zero-order valence-electron chi connectivity index (χ0n) is 11.5. The third kappa shape index (κ3) is 2.90. The Morgan fingerprint density at radius 3 is 2.55 bits per heavy atom. The van der Waals surface area contributed by atoms with E-state index < -0.39 is 5.91 Å². The number of carbonyl (C=O) groups is 2. The van der Waals surface area contributed by atoms with Crippen LogP contribution in [0.2, 0.25) is 0 Å². The quantitative estimate of drug-likeness (QED) is 0.803. The van der Waals surface area contributed by atoms with Crippen LogP contribution < -0.4 is 5.32 Å². The monoisotopic (exact) mass is 292 g/mol. The van der Waals surface area contributed by atoms with Crippen LogP contribution in [-0.4, -0.2) is 26.6 Å². The highest BCUT2D eigenvalue weighted by Crippen LogP contribution is 2.07. The number of benzene rings is 1. The Morgan fingerprint density at radius 2 is 1.82 bits per heavy atom. The third-order valence-electron chi connectivity index (χ3n) is 2.97. The second kappa shape index (κ2) is 6.01. The molecule has 0 saturated carbocycles. The molecule has 1 aromatic carbocycles. The Balaban J connectivity index is 1.76. The number of carbonyl (C=O) groups excluding carboxylic acids is 2. The zero-order chi connectivity index (χ0) is 15.4. The van der Waals surface area contributed by atoms with Crippen molar-refractivity contribution in [2.24, 2.45) is 0 Å². The molecule has 0 unspecified atom stereocenters. The lowest BCUT2D eigenvalue weighted by Crippen LogP contribution is -2.16. The molecule has 0 atom stereocenters. The molecule has 3 aromatic rings. The van der Waals surface area contributed by atoms with Crippen LogP contribution in [0, 0.1) is 0 Å². The second-order valence-corrected chi connectivity index (χ2v) is 4.51. The van der Waals surface area contributed by atoms with Crippen molar-refractivity contribution in [1.82, 2.24) is 14.8 Å². The summed E-state index contributed by atoms with van der Waals surface area (Å²) in [5, 5.41) is 6.68. The van der Waals surface area contributed by atoms with Crippen molar-refractivity contribution in [2.75, 3.05) is 5.32 Å². The van der Waals surface area contributed by atoms with Crippen LogP contribution in [0.3, 0.4) is 0 Å². The largest absolute Gasteiger partial charge is 0.319 e. The molecule has 0 saturated heterocycles. The minimum Gasteiger partial charge on any atom is -0.319 e. The summed E-state index contributed by atoms with van der Waals surface area (Å²) < 4.78 is 1.15. The van der Waals surface area contributed by atoms with Crippen LogP contribution in [0.15, 0.2) is 67.1 Å². The molecule has 0 aliphatic heterocycles. The summed E-state index contributed by atoms with van der Waals surface area (Å²) in [6.07, 6.45) is 4.61. The maximum Gasteiger partial charge on any atom is 0.278 e. The average Bonchev–Trinajstić information content (AvgIpc) is 3.06. The maximum absolute atomic E-state index is 12.2. The van der Waals surface area contributed by atoms with Gasteiger partial charge >= 0.3 is 0 Å². The van der Waals surface area contributed by atoms with Gasteiger partial charge in [-0.05, 0) is 30.3 Å². The van der Waals surface area contributed by atoms with Crippen molar-refractivity contribution in [3.05, 3.63) is 78.4 Å². The molecule has 0 aliphatic rings. The van der Waals surface area contributed by atoms with Crippen LogP contribution in [-0.2, 0) is 0 Å². The molecule has 0 bridgehead atoms. The number of nitrogens with zero attached hydrogens (tertiary/aromatic N) is 3. The predicted molar refractivity (Wildman–Crippen MR) is 80.6 cm³/mol. The molecular formula is C16H12N4O2. The average molecular weight is 292 g/mol. The van der Waals surface area contributed by atoms with Gasteiger partial charge in [-0.1, -0.05) is 18.2 Å². The molecule has 3 rings (SSSR count). The fourth-order valence-corrected chi connectivity index (χ4v) is 1.90. The molecule has 0 fully saturated rings. The summed E-state index contributed by atoms with van der Waals surface area (Å²) in [6, 6.07) is 13.7. The van der Waals surface area contributed by atoms with E-state index in [4.69, 9.17) is 0 Å². The van der Waals surface area contributed by atoms with Gasteiger partial charge in [0.15, 0.2) is 5.69 Å². The van der Waals surface area contributed by atoms with E-state index in [1.54, 1.807) is 42.6 Å². The summed E-state index contributed by atoms with van der Waals surface area (Å²) in [5.41, 5.74) is 1.23. The molecule has 1 N–H and O–H groups in total. The van der Waals surface area contributed by atoms with Crippen LogP contribution >= 0.6 is 0 Å². The summed E-state index contributed by atoms with van der Waals surface area (Å²) in [6.45, 7) is 0. The molecule has 0 radical (unpaired) electrons. The van der Waals surface area contributed by atoms with Gasteiger partial charge in [-0.2, -0.15) is 5.10 Å². The van der Waals surface area contributed by atoms with Gasteiger partial charge in [0.2, 0.25) is 0 Å². The Bertz CT molecular complexity index is 797. The first kappa shape index (κ1) is 13.7. The fraction of sp³-hybridized carbons (Fsp3) is 0. The first-order valence-corrected chi connectivity index (χ1v) is 6.61. The number of pyridine rings is 1. The van der Waals surface area contributed by atoms with E-state index in [-0.39, 0.29) is 11.6 Å². The highest BCUT2D eigenvalue weighted by atomic mass is 16.2. The minimum absolute atomic E-state index is 0.160. The number of anilines is 1. The second-order valence-electron chi connectivity index (χ2n) is 4.51. The first-order valence-electron chi connectivity index (χ1n) is 6.61. The van der Waals surface area contributed by atoms with Crippen molar-refractivity contribution in [3.63, 3.8) is 0 Å². The lowest BCUT2D eigenvalue weighted by Gasteiger charge is -2.02. The van der Waals surface area contributed by atoms with Crippen LogP contribution in [0.25, 0.3) is 0 Å². The van der Waals surface area contributed by atoms with Gasteiger partial charge < -0.3 is 5.32 Å². The van der Waals surface area contributed by atoms with Gasteiger partial charge in [-0.15, -0.1) is 0 Å². The molecule has 6 heteroatoms. The smallest absolute Gasteiger partial charge is 0.278 e. The number of amides is 1. The Labute approximate surface area is 126 Å². The van der Waals surface area contributed by atoms with Crippen LogP contribution in [0.4, 0.5) is 5.69 Å². The maximum atomic E-state index is 12.2. The summed E-state index contributed by atoms with van der Waals surface area (Å²) in [4.78, 5) is 28.2. The fourth-order valence-electron chi connectivity index (χ4n) is 1.90. The lowest BCUT2D eigenvalue weighted by molar-refractivity contribution is 0.0944. The SMILES string of the molecule is O=C(Nc1cccnc1)c1ccn(C(=O)c2ccccc2)n1. The number of hydrogen-bond donors (Lipinski definition) is 1. The molecule has 6 nitrogen and oxygen atoms in total. The third-order valence-corrected chi connectivity index (χ3v) is 2.97. The van der Waals surface area contributed by atoms with Crippen molar-refractivity contribution in [2.45, 2.75) is 0 Å². The van der Waals surface area contributed by atoms with Crippen molar-refractivity contribution in [1.29, 1.82) is 0 Å². The zero-order valence-corrected chi connectivity index (χ0v) is 11.5. The van der Waals surface area contributed by atoms with Crippen LogP contribution in [0.1, 0.15) is 20.8 Å². The van der Waals surface area contributed by atoms with E-state index in [1.807, 2.05) is 6.07 Å². The van der Waals surface area contributed by atoms with Gasteiger partial charge in [0, 0.05) is 18.0 Å². The highest BCUT2D eigenvalue weighted by molar-refractivity contribution is 6.03. The molecular weight excluding hydrogens is 280 g/mol. The van der Waals surface area contributed by atoms with Gasteiger partial charge in [0.05, 0.1) is 11.9 Å². The van der Waals surface area contributed by atoms with Crippen molar-refractivity contribution in [3.8, 4) is 0 Å².